The number of methoxy groups -OCH3 is 1. The number of carbonyl (C=O) groups is 2. The van der Waals surface area contributed by atoms with Gasteiger partial charge < -0.3 is 9.30 Å². The van der Waals surface area contributed by atoms with Crippen molar-refractivity contribution in [2.75, 3.05) is 12.9 Å². The van der Waals surface area contributed by atoms with Gasteiger partial charge in [-0.3, -0.25) is 9.59 Å². The van der Waals surface area contributed by atoms with E-state index in [0.29, 0.717) is 10.6 Å². The van der Waals surface area contributed by atoms with E-state index in [1.807, 2.05) is 50.2 Å². The number of benzene rings is 2. The van der Waals surface area contributed by atoms with Crippen LogP contribution in [-0.4, -0.2) is 29.3 Å². The van der Waals surface area contributed by atoms with Crippen molar-refractivity contribution in [3.63, 3.8) is 0 Å². The zero-order chi connectivity index (χ0) is 20.1. The minimum atomic E-state index is -0.369. The van der Waals surface area contributed by atoms with Crippen LogP contribution in [0.4, 0.5) is 0 Å². The lowest BCUT2D eigenvalue weighted by Gasteiger charge is -2.05. The van der Waals surface area contributed by atoms with Gasteiger partial charge in [0.15, 0.2) is 4.80 Å². The minimum absolute atomic E-state index is 0.0304. The van der Waals surface area contributed by atoms with Gasteiger partial charge >= 0.3 is 5.97 Å². The average Bonchev–Trinajstić information content (AvgIpc) is 3.00. The van der Waals surface area contributed by atoms with Gasteiger partial charge in [-0.2, -0.15) is 4.99 Å². The maximum Gasteiger partial charge on any atom is 0.325 e. The maximum absolute atomic E-state index is 12.4. The van der Waals surface area contributed by atoms with Gasteiger partial charge in [-0.1, -0.05) is 47.7 Å². The molecule has 0 aliphatic rings. The molecule has 1 amide bonds. The second-order valence-electron chi connectivity index (χ2n) is 6.46. The summed E-state index contributed by atoms with van der Waals surface area (Å²) in [6, 6.07) is 14.1. The lowest BCUT2D eigenvalue weighted by atomic mass is 10.1. The molecule has 0 saturated carbocycles. The number of aromatic nitrogens is 1. The van der Waals surface area contributed by atoms with Crippen LogP contribution in [0.15, 0.2) is 47.5 Å². The molecule has 2 aromatic carbocycles. The van der Waals surface area contributed by atoms with Crippen molar-refractivity contribution >= 4 is 45.2 Å². The number of hydrogen-bond acceptors (Lipinski definition) is 5. The van der Waals surface area contributed by atoms with Crippen molar-refractivity contribution in [3.8, 4) is 0 Å². The molecule has 0 saturated heterocycles. The molecule has 0 bridgehead atoms. The standard InChI is InChI=1S/C21H22N2O3S2/c1-14-9-15(2)20-17(10-14)23(11-19(25)26-3)21(28-20)22-18(24)13-27-12-16-7-5-4-6-8-16/h4-10H,11-13H2,1-3H3. The molecular formula is C21H22N2O3S2. The lowest BCUT2D eigenvalue weighted by Crippen LogP contribution is -2.22. The third-order valence-corrected chi connectivity index (χ3v) is 6.40. The predicted molar refractivity (Wildman–Crippen MR) is 114 cm³/mol. The molecular weight excluding hydrogens is 392 g/mol. The number of fused-ring (bicyclic) bond motifs is 1. The molecule has 0 radical (unpaired) electrons. The molecule has 0 spiro atoms. The van der Waals surface area contributed by atoms with E-state index in [1.165, 1.54) is 35.8 Å². The summed E-state index contributed by atoms with van der Waals surface area (Å²) in [5.41, 5.74) is 4.27. The first-order chi connectivity index (χ1) is 13.5. The molecule has 5 nitrogen and oxygen atoms in total. The summed E-state index contributed by atoms with van der Waals surface area (Å²) in [5.74, 6) is 0.473. The van der Waals surface area contributed by atoms with Crippen molar-refractivity contribution < 1.29 is 14.3 Å². The van der Waals surface area contributed by atoms with Gasteiger partial charge in [-0.15, -0.1) is 11.8 Å². The number of thioether (sulfide) groups is 1. The van der Waals surface area contributed by atoms with Crippen molar-refractivity contribution in [2.45, 2.75) is 26.1 Å². The predicted octanol–water partition coefficient (Wildman–Crippen LogP) is 3.85. The zero-order valence-corrected chi connectivity index (χ0v) is 17.7. The highest BCUT2D eigenvalue weighted by Crippen LogP contribution is 2.23. The lowest BCUT2D eigenvalue weighted by molar-refractivity contribution is -0.141. The number of carbonyl (C=O) groups excluding carboxylic acids is 2. The van der Waals surface area contributed by atoms with E-state index in [9.17, 15) is 9.59 Å². The van der Waals surface area contributed by atoms with Gasteiger partial charge in [0.25, 0.3) is 5.91 Å². The summed E-state index contributed by atoms with van der Waals surface area (Å²) >= 11 is 2.96. The van der Waals surface area contributed by atoms with Crippen LogP contribution >= 0.6 is 23.1 Å². The molecule has 7 heteroatoms. The van der Waals surface area contributed by atoms with Gasteiger partial charge in [0.05, 0.1) is 23.1 Å². The number of hydrogen-bond donors (Lipinski definition) is 0. The van der Waals surface area contributed by atoms with E-state index < -0.39 is 0 Å². The third-order valence-electron chi connectivity index (χ3n) is 4.19. The van der Waals surface area contributed by atoms with E-state index in [4.69, 9.17) is 4.74 Å². The Labute approximate surface area is 172 Å². The summed E-state index contributed by atoms with van der Waals surface area (Å²) in [4.78, 5) is 29.1. The Kier molecular flexibility index (Phi) is 6.70. The second-order valence-corrected chi connectivity index (χ2v) is 8.42. The molecule has 0 atom stereocenters. The van der Waals surface area contributed by atoms with Crippen LogP contribution in [0.2, 0.25) is 0 Å². The molecule has 0 aliphatic carbocycles. The van der Waals surface area contributed by atoms with E-state index in [-0.39, 0.29) is 18.4 Å². The van der Waals surface area contributed by atoms with Gasteiger partial charge in [0.2, 0.25) is 0 Å². The maximum atomic E-state index is 12.4. The van der Waals surface area contributed by atoms with Gasteiger partial charge in [0.1, 0.15) is 6.54 Å². The molecule has 0 aliphatic heterocycles. The third kappa shape index (κ3) is 4.91. The number of thiazole rings is 1. The molecule has 1 heterocycles. The van der Waals surface area contributed by atoms with Crippen LogP contribution in [-0.2, 0) is 26.6 Å². The van der Waals surface area contributed by atoms with Crippen molar-refractivity contribution in [3.05, 3.63) is 64.0 Å². The van der Waals surface area contributed by atoms with Gasteiger partial charge in [-0.25, -0.2) is 0 Å². The second kappa shape index (κ2) is 9.21. The van der Waals surface area contributed by atoms with E-state index in [2.05, 4.69) is 11.1 Å². The molecule has 3 aromatic rings. The highest BCUT2D eigenvalue weighted by molar-refractivity contribution is 7.99. The largest absolute Gasteiger partial charge is 0.468 e. The number of ether oxygens (including phenoxy) is 1. The van der Waals surface area contributed by atoms with Crippen LogP contribution in [0.1, 0.15) is 16.7 Å². The highest BCUT2D eigenvalue weighted by Gasteiger charge is 2.13. The molecule has 28 heavy (non-hydrogen) atoms. The van der Waals surface area contributed by atoms with Crippen molar-refractivity contribution in [2.24, 2.45) is 4.99 Å². The first kappa shape index (κ1) is 20.4. The smallest absolute Gasteiger partial charge is 0.325 e. The SMILES string of the molecule is COC(=O)Cn1c(=NC(=O)CSCc2ccccc2)sc2c(C)cc(C)cc21. The van der Waals surface area contributed by atoms with E-state index in [0.717, 1.165) is 27.1 Å². The Bertz CT molecular complexity index is 1070. The minimum Gasteiger partial charge on any atom is -0.468 e. The van der Waals surface area contributed by atoms with Gasteiger partial charge in [0, 0.05) is 5.75 Å². The fourth-order valence-electron chi connectivity index (χ4n) is 2.91. The Morgan fingerprint density at radius 2 is 1.93 bits per heavy atom. The van der Waals surface area contributed by atoms with Crippen LogP contribution < -0.4 is 4.80 Å². The Morgan fingerprint density at radius 1 is 1.18 bits per heavy atom. The Morgan fingerprint density at radius 3 is 2.64 bits per heavy atom. The topological polar surface area (TPSA) is 60.7 Å². The van der Waals surface area contributed by atoms with Crippen LogP contribution in [0.25, 0.3) is 10.2 Å². The number of rotatable bonds is 6. The number of aryl methyl sites for hydroxylation is 2. The molecule has 3 rings (SSSR count). The molecule has 146 valence electrons. The zero-order valence-electron chi connectivity index (χ0n) is 16.1. The quantitative estimate of drug-likeness (QED) is 0.575. The number of esters is 1. The van der Waals surface area contributed by atoms with Crippen LogP contribution in [0, 0.1) is 13.8 Å². The first-order valence-corrected chi connectivity index (χ1v) is 10.8. The summed E-state index contributed by atoms with van der Waals surface area (Å²) in [7, 11) is 1.36. The average molecular weight is 415 g/mol. The van der Waals surface area contributed by atoms with Crippen LogP contribution in [0.3, 0.4) is 0 Å². The number of amides is 1. The number of nitrogens with zero attached hydrogens (tertiary/aromatic N) is 2. The van der Waals surface area contributed by atoms with E-state index in [1.54, 1.807) is 4.57 Å². The fourth-order valence-corrected chi connectivity index (χ4v) is 4.78. The molecule has 1 aromatic heterocycles. The normalized spacial score (nSPS) is 11.8. The Balaban J connectivity index is 1.87. The summed E-state index contributed by atoms with van der Waals surface area (Å²) in [5, 5.41) is 0. The van der Waals surface area contributed by atoms with Gasteiger partial charge in [-0.05, 0) is 36.6 Å². The summed E-state index contributed by atoms with van der Waals surface area (Å²) in [6.45, 7) is 4.06. The summed E-state index contributed by atoms with van der Waals surface area (Å²) in [6.07, 6.45) is 0. The molecule has 0 fully saturated rings. The van der Waals surface area contributed by atoms with E-state index >= 15 is 0 Å². The fraction of sp³-hybridized carbons (Fsp3) is 0.286. The Hall–Kier alpha value is -2.38. The monoisotopic (exact) mass is 414 g/mol. The van der Waals surface area contributed by atoms with Crippen molar-refractivity contribution in [1.29, 1.82) is 0 Å². The highest BCUT2D eigenvalue weighted by atomic mass is 32.2. The molecule has 0 unspecified atom stereocenters. The summed E-state index contributed by atoms with van der Waals surface area (Å²) < 4.78 is 7.62. The molecule has 0 N–H and O–H groups in total. The first-order valence-electron chi connectivity index (χ1n) is 8.84. The van der Waals surface area contributed by atoms with Crippen molar-refractivity contribution in [1.82, 2.24) is 4.57 Å². The van der Waals surface area contributed by atoms with Crippen LogP contribution in [0.5, 0.6) is 0 Å².